The minimum atomic E-state index is -0.534. The van der Waals surface area contributed by atoms with Crippen LogP contribution in [0.5, 0.6) is 0 Å². The van der Waals surface area contributed by atoms with E-state index >= 15 is 0 Å². The van der Waals surface area contributed by atoms with Crippen LogP contribution in [-0.2, 0) is 20.9 Å². The molecule has 0 aliphatic rings. The Morgan fingerprint density at radius 2 is 1.82 bits per heavy atom. The van der Waals surface area contributed by atoms with E-state index in [1.807, 2.05) is 51.1 Å². The zero-order chi connectivity index (χ0) is 16.5. The minimum absolute atomic E-state index is 0.00258. The molecule has 1 rings (SSSR count). The SMILES string of the molecule is CCCCC(=O)N(C)[C@H](C(=O)OCc1ccccc1)C(C)C. The van der Waals surface area contributed by atoms with Gasteiger partial charge in [-0.1, -0.05) is 57.5 Å². The van der Waals surface area contributed by atoms with Gasteiger partial charge < -0.3 is 9.64 Å². The van der Waals surface area contributed by atoms with Crippen LogP contribution in [0.1, 0.15) is 45.6 Å². The molecule has 0 N–H and O–H groups in total. The van der Waals surface area contributed by atoms with Crippen molar-refractivity contribution < 1.29 is 14.3 Å². The number of esters is 1. The molecule has 4 heteroatoms. The molecule has 0 unspecified atom stereocenters. The Kier molecular flexibility index (Phi) is 7.64. The van der Waals surface area contributed by atoms with Crippen LogP contribution < -0.4 is 0 Å². The molecular formula is C18H27NO3. The normalized spacial score (nSPS) is 12.0. The van der Waals surface area contributed by atoms with E-state index in [1.165, 1.54) is 4.90 Å². The van der Waals surface area contributed by atoms with Gasteiger partial charge in [0.25, 0.3) is 0 Å². The van der Waals surface area contributed by atoms with E-state index in [9.17, 15) is 9.59 Å². The van der Waals surface area contributed by atoms with Gasteiger partial charge in [-0.3, -0.25) is 4.79 Å². The van der Waals surface area contributed by atoms with E-state index in [0.717, 1.165) is 18.4 Å². The summed E-state index contributed by atoms with van der Waals surface area (Å²) in [5.74, 6) is -0.331. The van der Waals surface area contributed by atoms with Crippen LogP contribution in [0.4, 0.5) is 0 Å². The summed E-state index contributed by atoms with van der Waals surface area (Å²) in [6.45, 7) is 6.14. The summed E-state index contributed by atoms with van der Waals surface area (Å²) in [6.07, 6.45) is 2.28. The van der Waals surface area contributed by atoms with Crippen molar-refractivity contribution in [3.8, 4) is 0 Å². The van der Waals surface area contributed by atoms with Gasteiger partial charge in [-0.2, -0.15) is 0 Å². The van der Waals surface area contributed by atoms with Gasteiger partial charge in [0.2, 0.25) is 5.91 Å². The summed E-state index contributed by atoms with van der Waals surface area (Å²) in [7, 11) is 1.69. The van der Waals surface area contributed by atoms with E-state index in [4.69, 9.17) is 4.74 Å². The molecule has 0 aliphatic carbocycles. The summed E-state index contributed by atoms with van der Waals surface area (Å²) >= 11 is 0. The van der Waals surface area contributed by atoms with E-state index in [2.05, 4.69) is 0 Å². The first-order chi connectivity index (χ1) is 10.5. The standard InChI is InChI=1S/C18H27NO3/c1-5-6-12-16(20)19(4)17(14(2)3)18(21)22-13-15-10-8-7-9-11-15/h7-11,14,17H,5-6,12-13H2,1-4H3/t17-/m0/s1. The molecule has 0 spiro atoms. The fraction of sp³-hybridized carbons (Fsp3) is 0.556. The van der Waals surface area contributed by atoms with Gasteiger partial charge in [-0.15, -0.1) is 0 Å². The van der Waals surface area contributed by atoms with Crippen molar-refractivity contribution in [2.24, 2.45) is 5.92 Å². The van der Waals surface area contributed by atoms with Gasteiger partial charge in [-0.05, 0) is 17.9 Å². The smallest absolute Gasteiger partial charge is 0.329 e. The number of hydrogen-bond acceptors (Lipinski definition) is 3. The highest BCUT2D eigenvalue weighted by atomic mass is 16.5. The largest absolute Gasteiger partial charge is 0.459 e. The zero-order valence-electron chi connectivity index (χ0n) is 14.0. The van der Waals surface area contributed by atoms with Crippen LogP contribution in [0.3, 0.4) is 0 Å². The molecule has 0 radical (unpaired) electrons. The molecule has 1 atom stereocenters. The maximum atomic E-state index is 12.4. The van der Waals surface area contributed by atoms with E-state index in [-0.39, 0.29) is 24.4 Å². The number of rotatable bonds is 8. The predicted molar refractivity (Wildman–Crippen MR) is 87.2 cm³/mol. The first kappa shape index (κ1) is 18.2. The lowest BCUT2D eigenvalue weighted by molar-refractivity contribution is -0.157. The molecule has 0 fully saturated rings. The summed E-state index contributed by atoms with van der Waals surface area (Å²) in [5.41, 5.74) is 0.943. The number of ether oxygens (including phenoxy) is 1. The highest BCUT2D eigenvalue weighted by Gasteiger charge is 2.30. The topological polar surface area (TPSA) is 46.6 Å². The number of benzene rings is 1. The monoisotopic (exact) mass is 305 g/mol. The summed E-state index contributed by atoms with van der Waals surface area (Å²) < 4.78 is 5.39. The van der Waals surface area contributed by atoms with Crippen LogP contribution in [-0.4, -0.2) is 29.9 Å². The lowest BCUT2D eigenvalue weighted by Crippen LogP contribution is -2.46. The second-order valence-corrected chi connectivity index (χ2v) is 5.89. The highest BCUT2D eigenvalue weighted by molar-refractivity contribution is 5.84. The van der Waals surface area contributed by atoms with Crippen molar-refractivity contribution in [2.75, 3.05) is 7.05 Å². The molecule has 1 amide bonds. The second-order valence-electron chi connectivity index (χ2n) is 5.89. The van der Waals surface area contributed by atoms with Gasteiger partial charge >= 0.3 is 5.97 Å². The van der Waals surface area contributed by atoms with Crippen LogP contribution in [0.2, 0.25) is 0 Å². The maximum absolute atomic E-state index is 12.4. The lowest BCUT2D eigenvalue weighted by atomic mass is 10.0. The number of likely N-dealkylation sites (N-methyl/N-ethyl adjacent to an activating group) is 1. The quantitative estimate of drug-likeness (QED) is 0.692. The van der Waals surface area contributed by atoms with Gasteiger partial charge in [0.05, 0.1) is 0 Å². The molecule has 0 heterocycles. The summed E-state index contributed by atoms with van der Waals surface area (Å²) in [5, 5.41) is 0. The number of carbonyl (C=O) groups is 2. The Labute approximate surface area is 133 Å². The van der Waals surface area contributed by atoms with Crippen molar-refractivity contribution in [2.45, 2.75) is 52.7 Å². The first-order valence-electron chi connectivity index (χ1n) is 7.93. The Balaban J connectivity index is 2.65. The number of hydrogen-bond donors (Lipinski definition) is 0. The predicted octanol–water partition coefficient (Wildman–Crippen LogP) is 3.40. The molecule has 0 aromatic heterocycles. The second kappa shape index (κ2) is 9.23. The van der Waals surface area contributed by atoms with Crippen LogP contribution in [0.25, 0.3) is 0 Å². The zero-order valence-corrected chi connectivity index (χ0v) is 14.0. The molecule has 0 saturated heterocycles. The van der Waals surface area contributed by atoms with Crippen LogP contribution >= 0.6 is 0 Å². The Morgan fingerprint density at radius 1 is 1.18 bits per heavy atom. The van der Waals surface area contributed by atoms with Gasteiger partial charge in [-0.25, -0.2) is 4.79 Å². The third kappa shape index (κ3) is 5.51. The van der Waals surface area contributed by atoms with Crippen molar-refractivity contribution in [1.29, 1.82) is 0 Å². The fourth-order valence-electron chi connectivity index (χ4n) is 2.35. The lowest BCUT2D eigenvalue weighted by Gasteiger charge is -2.29. The van der Waals surface area contributed by atoms with Crippen molar-refractivity contribution in [3.05, 3.63) is 35.9 Å². The molecule has 1 aromatic rings. The molecule has 0 aliphatic heterocycles. The Morgan fingerprint density at radius 3 is 2.36 bits per heavy atom. The average molecular weight is 305 g/mol. The third-order valence-corrected chi connectivity index (χ3v) is 3.65. The number of nitrogens with zero attached hydrogens (tertiary/aromatic N) is 1. The highest BCUT2D eigenvalue weighted by Crippen LogP contribution is 2.14. The minimum Gasteiger partial charge on any atom is -0.459 e. The number of amides is 1. The molecule has 122 valence electrons. The molecule has 4 nitrogen and oxygen atoms in total. The number of unbranched alkanes of at least 4 members (excludes halogenated alkanes) is 1. The van der Waals surface area contributed by atoms with E-state index in [0.29, 0.717) is 6.42 Å². The van der Waals surface area contributed by atoms with Crippen molar-refractivity contribution in [1.82, 2.24) is 4.90 Å². The van der Waals surface area contributed by atoms with Gasteiger partial charge in [0.1, 0.15) is 12.6 Å². The van der Waals surface area contributed by atoms with Crippen molar-refractivity contribution in [3.63, 3.8) is 0 Å². The van der Waals surface area contributed by atoms with E-state index < -0.39 is 6.04 Å². The van der Waals surface area contributed by atoms with E-state index in [1.54, 1.807) is 7.05 Å². The van der Waals surface area contributed by atoms with Gasteiger partial charge in [0.15, 0.2) is 0 Å². The fourth-order valence-corrected chi connectivity index (χ4v) is 2.35. The average Bonchev–Trinajstić information content (AvgIpc) is 2.51. The molecular weight excluding hydrogens is 278 g/mol. The third-order valence-electron chi connectivity index (χ3n) is 3.65. The summed E-state index contributed by atoms with van der Waals surface area (Å²) in [4.78, 5) is 26.0. The Hall–Kier alpha value is -1.84. The van der Waals surface area contributed by atoms with Crippen LogP contribution in [0.15, 0.2) is 30.3 Å². The molecule has 22 heavy (non-hydrogen) atoms. The van der Waals surface area contributed by atoms with Crippen LogP contribution in [0, 0.1) is 5.92 Å². The van der Waals surface area contributed by atoms with Gasteiger partial charge in [0, 0.05) is 13.5 Å². The number of carbonyl (C=O) groups excluding carboxylic acids is 2. The molecule has 0 bridgehead atoms. The molecule has 0 saturated carbocycles. The van der Waals surface area contributed by atoms with Crippen molar-refractivity contribution >= 4 is 11.9 Å². The summed E-state index contributed by atoms with van der Waals surface area (Å²) in [6, 6.07) is 9.02. The Bertz CT molecular complexity index is 470. The maximum Gasteiger partial charge on any atom is 0.329 e. The molecule has 1 aromatic carbocycles. The first-order valence-corrected chi connectivity index (χ1v) is 7.93.